The lowest BCUT2D eigenvalue weighted by atomic mass is 10.0. The summed E-state index contributed by atoms with van der Waals surface area (Å²) >= 11 is 14.9. The smallest absolute Gasteiger partial charge is 0.114 e. The molecular weight excluding hydrogens is 387 g/mol. The van der Waals surface area contributed by atoms with E-state index in [4.69, 9.17) is 23.2 Å². The van der Waals surface area contributed by atoms with Gasteiger partial charge in [0.1, 0.15) is 9.52 Å². The van der Waals surface area contributed by atoms with Crippen LogP contribution in [0.3, 0.4) is 0 Å². The highest BCUT2D eigenvalue weighted by atomic mass is 35.5. The minimum Gasteiger partial charge on any atom is -0.114 e. The summed E-state index contributed by atoms with van der Waals surface area (Å²) in [5.74, 6) is 0. The molecule has 3 heteroatoms. The standard InChI is InChI=1S/C24H24Cl2Si/c1-5-17-15(3)23(25,21-13-9-7-11-19(17)21)27-24(26)16(4)18(6-2)20-12-8-10-14-22(20)24/h7-14H,5-6H2,1-4H3. The molecule has 2 unspecified atom stereocenters. The van der Waals surface area contributed by atoms with Gasteiger partial charge in [-0.3, -0.25) is 0 Å². The van der Waals surface area contributed by atoms with E-state index in [1.54, 1.807) is 0 Å². The van der Waals surface area contributed by atoms with E-state index in [0.29, 0.717) is 9.52 Å². The molecule has 2 aromatic rings. The number of hydrogen-bond donors (Lipinski definition) is 0. The molecule has 4 rings (SSSR count). The van der Waals surface area contributed by atoms with Crippen LogP contribution < -0.4 is 0 Å². The minimum absolute atomic E-state index is 0.333. The zero-order valence-corrected chi connectivity index (χ0v) is 18.8. The molecular formula is C24H24Cl2Si. The molecule has 2 radical (unpaired) electrons. The van der Waals surface area contributed by atoms with Crippen molar-refractivity contribution in [2.45, 2.75) is 49.5 Å². The monoisotopic (exact) mass is 410 g/mol. The molecule has 0 spiro atoms. The first kappa shape index (κ1) is 19.1. The van der Waals surface area contributed by atoms with Crippen LogP contribution in [0.2, 0.25) is 0 Å². The van der Waals surface area contributed by atoms with Crippen molar-refractivity contribution in [3.8, 4) is 0 Å². The maximum absolute atomic E-state index is 7.47. The van der Waals surface area contributed by atoms with Crippen molar-refractivity contribution in [1.82, 2.24) is 0 Å². The number of alkyl halides is 2. The number of fused-ring (bicyclic) bond motifs is 2. The average molecular weight is 411 g/mol. The topological polar surface area (TPSA) is 0 Å². The summed E-state index contributed by atoms with van der Waals surface area (Å²) in [7, 11) is 0.333. The van der Waals surface area contributed by atoms with Crippen molar-refractivity contribution in [1.29, 1.82) is 0 Å². The van der Waals surface area contributed by atoms with Gasteiger partial charge < -0.3 is 0 Å². The second-order valence-electron chi connectivity index (χ2n) is 7.45. The van der Waals surface area contributed by atoms with Crippen LogP contribution in [0.15, 0.2) is 59.7 Å². The van der Waals surface area contributed by atoms with Crippen LogP contribution in [0.25, 0.3) is 11.1 Å². The lowest BCUT2D eigenvalue weighted by molar-refractivity contribution is 0.923. The first-order valence-corrected chi connectivity index (χ1v) is 11.4. The van der Waals surface area contributed by atoms with E-state index in [2.05, 4.69) is 76.2 Å². The Morgan fingerprint density at radius 1 is 0.704 bits per heavy atom. The van der Waals surface area contributed by atoms with E-state index in [1.165, 1.54) is 44.5 Å². The molecule has 0 bridgehead atoms. The van der Waals surface area contributed by atoms with Crippen molar-refractivity contribution in [3.05, 3.63) is 81.9 Å². The van der Waals surface area contributed by atoms with Gasteiger partial charge in [-0.2, -0.15) is 0 Å². The molecule has 0 aromatic heterocycles. The van der Waals surface area contributed by atoms with Gasteiger partial charge in [0, 0.05) is 0 Å². The van der Waals surface area contributed by atoms with Crippen molar-refractivity contribution >= 4 is 43.9 Å². The predicted molar refractivity (Wildman–Crippen MR) is 119 cm³/mol. The molecule has 2 atom stereocenters. The largest absolute Gasteiger partial charge is 0.118 e. The summed E-state index contributed by atoms with van der Waals surface area (Å²) in [5.41, 5.74) is 10.3. The fourth-order valence-corrected chi connectivity index (χ4v) is 8.20. The Bertz CT molecular complexity index is 908. The van der Waals surface area contributed by atoms with Crippen LogP contribution in [0.1, 0.15) is 62.8 Å². The van der Waals surface area contributed by atoms with E-state index < -0.39 is 8.99 Å². The summed E-state index contributed by atoms with van der Waals surface area (Å²) in [5, 5.41) is 0. The molecule has 0 nitrogen and oxygen atoms in total. The van der Waals surface area contributed by atoms with Gasteiger partial charge >= 0.3 is 0 Å². The first-order chi connectivity index (χ1) is 12.9. The minimum atomic E-state index is -0.540. The molecule has 0 aliphatic heterocycles. The number of rotatable bonds is 4. The number of benzene rings is 2. The Kier molecular flexibility index (Phi) is 4.69. The molecule has 138 valence electrons. The predicted octanol–water partition coefficient (Wildman–Crippen LogP) is 7.27. The van der Waals surface area contributed by atoms with Crippen molar-refractivity contribution in [3.63, 3.8) is 0 Å². The quantitative estimate of drug-likeness (QED) is 0.367. The van der Waals surface area contributed by atoms with E-state index in [0.717, 1.165) is 12.8 Å². The number of allylic oxidation sites excluding steroid dienone is 4. The molecule has 0 saturated heterocycles. The first-order valence-electron chi connectivity index (χ1n) is 9.65. The number of halogens is 2. The lowest BCUT2D eigenvalue weighted by Crippen LogP contribution is -2.40. The summed E-state index contributed by atoms with van der Waals surface area (Å²) in [6.45, 7) is 8.81. The van der Waals surface area contributed by atoms with Crippen LogP contribution in [0.4, 0.5) is 0 Å². The Morgan fingerprint density at radius 2 is 1.07 bits per heavy atom. The second-order valence-corrected chi connectivity index (χ2v) is 11.0. The van der Waals surface area contributed by atoms with Crippen LogP contribution in [-0.2, 0) is 8.99 Å². The zero-order valence-electron chi connectivity index (χ0n) is 16.3. The molecule has 2 aromatic carbocycles. The fraction of sp³-hybridized carbons (Fsp3) is 0.333. The van der Waals surface area contributed by atoms with Crippen LogP contribution in [-0.4, -0.2) is 9.52 Å². The van der Waals surface area contributed by atoms with Gasteiger partial charge in [-0.1, -0.05) is 62.4 Å². The molecule has 0 heterocycles. The summed E-state index contributed by atoms with van der Waals surface area (Å²) in [6, 6.07) is 17.2. The van der Waals surface area contributed by atoms with Gasteiger partial charge in [-0.05, 0) is 71.2 Å². The average Bonchev–Trinajstić information content (AvgIpc) is 3.02. The lowest BCUT2D eigenvalue weighted by Gasteiger charge is -2.34. The Labute approximate surface area is 175 Å². The maximum Gasteiger partial charge on any atom is 0.118 e. The van der Waals surface area contributed by atoms with Crippen LogP contribution in [0.5, 0.6) is 0 Å². The number of hydrogen-bond acceptors (Lipinski definition) is 0. The molecule has 2 aliphatic carbocycles. The highest BCUT2D eigenvalue weighted by molar-refractivity contribution is 6.70. The molecule has 0 amide bonds. The third-order valence-electron chi connectivity index (χ3n) is 6.24. The molecule has 27 heavy (non-hydrogen) atoms. The van der Waals surface area contributed by atoms with Crippen LogP contribution in [0, 0.1) is 0 Å². The van der Waals surface area contributed by atoms with Gasteiger partial charge in [-0.15, -0.1) is 23.2 Å². The fourth-order valence-electron chi connectivity index (χ4n) is 4.79. The third-order valence-corrected chi connectivity index (χ3v) is 9.76. The molecule has 0 fully saturated rings. The second kappa shape index (κ2) is 6.65. The highest BCUT2D eigenvalue weighted by Gasteiger charge is 2.51. The summed E-state index contributed by atoms with van der Waals surface area (Å²) < 4.78 is -1.08. The zero-order chi connectivity index (χ0) is 19.4. The molecule has 2 aliphatic rings. The van der Waals surface area contributed by atoms with E-state index in [1.807, 2.05) is 0 Å². The normalized spacial score (nSPS) is 26.6. The molecule has 0 saturated carbocycles. The van der Waals surface area contributed by atoms with Gasteiger partial charge in [0.05, 0.1) is 8.99 Å². The van der Waals surface area contributed by atoms with E-state index >= 15 is 0 Å². The van der Waals surface area contributed by atoms with Gasteiger partial charge in [0.2, 0.25) is 0 Å². The van der Waals surface area contributed by atoms with Gasteiger partial charge in [-0.25, -0.2) is 0 Å². The Balaban J connectivity index is 1.89. The summed E-state index contributed by atoms with van der Waals surface area (Å²) in [4.78, 5) is 0. The van der Waals surface area contributed by atoms with Crippen molar-refractivity contribution in [2.75, 3.05) is 0 Å². The van der Waals surface area contributed by atoms with Crippen LogP contribution >= 0.6 is 23.2 Å². The van der Waals surface area contributed by atoms with Gasteiger partial charge in [0.15, 0.2) is 0 Å². The Morgan fingerprint density at radius 3 is 1.44 bits per heavy atom. The van der Waals surface area contributed by atoms with Crippen molar-refractivity contribution < 1.29 is 0 Å². The highest BCUT2D eigenvalue weighted by Crippen LogP contribution is 2.57. The van der Waals surface area contributed by atoms with E-state index in [-0.39, 0.29) is 0 Å². The molecule has 0 N–H and O–H groups in total. The van der Waals surface area contributed by atoms with E-state index in [9.17, 15) is 0 Å². The van der Waals surface area contributed by atoms with Crippen molar-refractivity contribution in [2.24, 2.45) is 0 Å². The SMILES string of the molecule is CCC1=C(C)C(Cl)([Si]C2(Cl)C(C)=C(CC)c3ccccc32)c2ccccc21. The van der Waals surface area contributed by atoms with Gasteiger partial charge in [0.25, 0.3) is 0 Å². The maximum atomic E-state index is 7.47. The summed E-state index contributed by atoms with van der Waals surface area (Å²) in [6.07, 6.45) is 1.98. The Hall–Kier alpha value is -1.28. The third kappa shape index (κ3) is 2.55.